The Morgan fingerprint density at radius 1 is 1.33 bits per heavy atom. The minimum Gasteiger partial charge on any atom is -0.481 e. The normalized spacial score (nSPS) is 20.3. The van der Waals surface area contributed by atoms with Crippen LogP contribution in [-0.2, 0) is 24.3 Å². The molecule has 1 saturated heterocycles. The summed E-state index contributed by atoms with van der Waals surface area (Å²) in [6.45, 7) is 4.33. The monoisotopic (exact) mass is 322 g/mol. The van der Waals surface area contributed by atoms with E-state index in [1.807, 2.05) is 0 Å². The third-order valence-electron chi connectivity index (χ3n) is 2.47. The Morgan fingerprint density at radius 3 is 2.33 bits per heavy atom. The number of ether oxygens (including phenoxy) is 1. The third kappa shape index (κ3) is 4.88. The second-order valence-electron chi connectivity index (χ2n) is 5.58. The Bertz CT molecular complexity index is 549. The molecule has 0 spiro atoms. The molecule has 10 heteroatoms. The Morgan fingerprint density at radius 2 is 1.90 bits per heavy atom. The number of amides is 2. The van der Waals surface area contributed by atoms with E-state index in [0.29, 0.717) is 4.31 Å². The van der Waals surface area contributed by atoms with Crippen LogP contribution in [-0.4, -0.2) is 59.7 Å². The fourth-order valence-corrected chi connectivity index (χ4v) is 3.41. The molecule has 1 heterocycles. The molecule has 2 amide bonds. The molecule has 120 valence electrons. The Balaban J connectivity index is 2.57. The number of nitrogens with zero attached hydrogens (tertiary/aromatic N) is 1. The second-order valence-corrected chi connectivity index (χ2v) is 7.47. The minimum atomic E-state index is -3.77. The Labute approximate surface area is 122 Å². The number of alkyl carbamates (subject to hydrolysis) is 1. The van der Waals surface area contributed by atoms with Gasteiger partial charge in [-0.3, -0.25) is 9.59 Å². The van der Waals surface area contributed by atoms with Gasteiger partial charge in [0.1, 0.15) is 12.1 Å². The standard InChI is InChI=1S/C11H18N2O7S/c1-11(2,3)20-10(17)12-5-8(14)13-7(4-9(15)16)6-21(13,18)19/h7H,4-6H2,1-3H3,(H,12,17)(H,15,16). The minimum absolute atomic E-state index is 0.391. The van der Waals surface area contributed by atoms with E-state index >= 15 is 0 Å². The first kappa shape index (κ1) is 17.2. The number of aliphatic carboxylic acids is 1. The highest BCUT2D eigenvalue weighted by molar-refractivity contribution is 7.91. The first-order valence-electron chi connectivity index (χ1n) is 6.16. The molecule has 9 nitrogen and oxygen atoms in total. The van der Waals surface area contributed by atoms with Crippen molar-refractivity contribution in [2.75, 3.05) is 12.3 Å². The highest BCUT2D eigenvalue weighted by atomic mass is 32.2. The number of hydrogen-bond donors (Lipinski definition) is 2. The summed E-state index contributed by atoms with van der Waals surface area (Å²) in [4.78, 5) is 33.7. The molecule has 1 unspecified atom stereocenters. The van der Waals surface area contributed by atoms with Gasteiger partial charge in [0.2, 0.25) is 10.0 Å². The zero-order valence-electron chi connectivity index (χ0n) is 12.0. The number of carbonyl (C=O) groups is 3. The van der Waals surface area contributed by atoms with E-state index in [1.165, 1.54) is 0 Å². The molecule has 0 aromatic heterocycles. The molecule has 1 fully saturated rings. The van der Waals surface area contributed by atoms with E-state index in [-0.39, 0.29) is 0 Å². The fraction of sp³-hybridized carbons (Fsp3) is 0.727. The van der Waals surface area contributed by atoms with E-state index < -0.39 is 58.4 Å². The van der Waals surface area contributed by atoms with Gasteiger partial charge in [0, 0.05) is 0 Å². The van der Waals surface area contributed by atoms with Gasteiger partial charge in [0.05, 0.1) is 18.2 Å². The van der Waals surface area contributed by atoms with Crippen molar-refractivity contribution in [2.45, 2.75) is 38.8 Å². The van der Waals surface area contributed by atoms with Gasteiger partial charge in [0.15, 0.2) is 0 Å². The topological polar surface area (TPSA) is 130 Å². The van der Waals surface area contributed by atoms with E-state index in [0.717, 1.165) is 0 Å². The van der Waals surface area contributed by atoms with Crippen molar-refractivity contribution >= 4 is 28.0 Å². The molecule has 1 aliphatic rings. The number of rotatable bonds is 4. The summed E-state index contributed by atoms with van der Waals surface area (Å²) in [7, 11) is -3.77. The van der Waals surface area contributed by atoms with Gasteiger partial charge in [0.25, 0.3) is 5.91 Å². The summed E-state index contributed by atoms with van der Waals surface area (Å²) in [6.07, 6.45) is -1.32. The first-order chi connectivity index (χ1) is 9.42. The Kier molecular flexibility index (Phi) is 4.82. The average molecular weight is 322 g/mol. The van der Waals surface area contributed by atoms with Crippen LogP contribution in [0.2, 0.25) is 0 Å². The van der Waals surface area contributed by atoms with E-state index in [1.54, 1.807) is 20.8 Å². The smallest absolute Gasteiger partial charge is 0.408 e. The summed E-state index contributed by atoms with van der Waals surface area (Å²) in [5.41, 5.74) is -0.748. The maximum Gasteiger partial charge on any atom is 0.408 e. The number of hydrogen-bond acceptors (Lipinski definition) is 6. The van der Waals surface area contributed by atoms with Crippen molar-refractivity contribution < 1.29 is 32.6 Å². The van der Waals surface area contributed by atoms with Crippen molar-refractivity contribution in [3.63, 3.8) is 0 Å². The van der Waals surface area contributed by atoms with Crippen LogP contribution < -0.4 is 5.32 Å². The zero-order valence-corrected chi connectivity index (χ0v) is 12.8. The van der Waals surface area contributed by atoms with Crippen LogP contribution in [0.15, 0.2) is 0 Å². The predicted molar refractivity (Wildman–Crippen MR) is 70.9 cm³/mol. The van der Waals surface area contributed by atoms with Crippen LogP contribution in [0.5, 0.6) is 0 Å². The third-order valence-corrected chi connectivity index (χ3v) is 4.38. The second kappa shape index (κ2) is 5.88. The summed E-state index contributed by atoms with van der Waals surface area (Å²) in [6, 6.07) is -0.902. The first-order valence-corrected chi connectivity index (χ1v) is 7.77. The van der Waals surface area contributed by atoms with Gasteiger partial charge in [-0.25, -0.2) is 17.5 Å². The number of carboxylic acids is 1. The molecular weight excluding hydrogens is 304 g/mol. The zero-order chi connectivity index (χ0) is 16.4. The summed E-state index contributed by atoms with van der Waals surface area (Å²) < 4.78 is 28.4. The van der Waals surface area contributed by atoms with E-state index in [9.17, 15) is 22.8 Å². The largest absolute Gasteiger partial charge is 0.481 e. The molecule has 1 aliphatic heterocycles. The molecule has 0 saturated carbocycles. The van der Waals surface area contributed by atoms with Crippen LogP contribution in [0.25, 0.3) is 0 Å². The van der Waals surface area contributed by atoms with E-state index in [4.69, 9.17) is 9.84 Å². The highest BCUT2D eigenvalue weighted by Crippen LogP contribution is 2.24. The average Bonchev–Trinajstić information content (AvgIpc) is 2.21. The Hall–Kier alpha value is -1.84. The van der Waals surface area contributed by atoms with Crippen molar-refractivity contribution in [2.24, 2.45) is 0 Å². The highest BCUT2D eigenvalue weighted by Gasteiger charge is 2.47. The van der Waals surface area contributed by atoms with Crippen LogP contribution in [0, 0.1) is 0 Å². The molecule has 0 aromatic rings. The lowest BCUT2D eigenvalue weighted by Crippen LogP contribution is -2.61. The molecule has 0 radical (unpaired) electrons. The number of carbonyl (C=O) groups excluding carboxylic acids is 2. The van der Waals surface area contributed by atoms with Gasteiger partial charge in [-0.05, 0) is 20.8 Å². The SMILES string of the molecule is CC(C)(C)OC(=O)NCC(=O)N1C(CC(=O)O)CS1(=O)=O. The number of sulfonamides is 1. The molecule has 0 aromatic carbocycles. The van der Waals surface area contributed by atoms with Crippen molar-refractivity contribution in [3.05, 3.63) is 0 Å². The number of carboxylic acid groups (broad SMARTS) is 1. The quantitative estimate of drug-likeness (QED) is 0.715. The fourth-order valence-electron chi connectivity index (χ4n) is 1.78. The lowest BCUT2D eigenvalue weighted by molar-refractivity contribution is -0.139. The molecule has 0 aliphatic carbocycles. The van der Waals surface area contributed by atoms with Gasteiger partial charge in [-0.2, -0.15) is 0 Å². The molecule has 0 bridgehead atoms. The van der Waals surface area contributed by atoms with Crippen molar-refractivity contribution in [1.82, 2.24) is 9.62 Å². The molecule has 2 N–H and O–H groups in total. The molecular formula is C11H18N2O7S. The lowest BCUT2D eigenvalue weighted by atomic mass is 10.2. The van der Waals surface area contributed by atoms with Crippen LogP contribution in [0.3, 0.4) is 0 Å². The number of nitrogens with one attached hydrogen (secondary N) is 1. The summed E-state index contributed by atoms with van der Waals surface area (Å²) in [5.74, 6) is -2.48. The molecule has 1 rings (SSSR count). The van der Waals surface area contributed by atoms with Crippen molar-refractivity contribution in [3.8, 4) is 0 Å². The van der Waals surface area contributed by atoms with Gasteiger partial charge in [-0.1, -0.05) is 0 Å². The van der Waals surface area contributed by atoms with Crippen LogP contribution in [0.1, 0.15) is 27.2 Å². The maximum atomic E-state index is 11.8. The lowest BCUT2D eigenvalue weighted by Gasteiger charge is -2.38. The summed E-state index contributed by atoms with van der Waals surface area (Å²) in [5, 5.41) is 10.8. The van der Waals surface area contributed by atoms with Gasteiger partial charge >= 0.3 is 12.1 Å². The van der Waals surface area contributed by atoms with Crippen LogP contribution in [0.4, 0.5) is 4.79 Å². The maximum absolute atomic E-state index is 11.8. The summed E-state index contributed by atoms with van der Waals surface area (Å²) >= 11 is 0. The molecule has 21 heavy (non-hydrogen) atoms. The van der Waals surface area contributed by atoms with Crippen LogP contribution >= 0.6 is 0 Å². The van der Waals surface area contributed by atoms with Gasteiger partial charge in [-0.15, -0.1) is 0 Å². The van der Waals surface area contributed by atoms with Crippen molar-refractivity contribution in [1.29, 1.82) is 0 Å². The van der Waals surface area contributed by atoms with E-state index in [2.05, 4.69) is 5.32 Å². The molecule has 1 atom stereocenters. The predicted octanol–water partition coefficient (Wildman–Crippen LogP) is -0.474. The van der Waals surface area contributed by atoms with Gasteiger partial charge < -0.3 is 15.2 Å².